The van der Waals surface area contributed by atoms with Gasteiger partial charge in [-0.25, -0.2) is 0 Å². The first-order chi connectivity index (χ1) is 7.38. The fraction of sp³-hybridized carbons (Fsp3) is 0.200. The largest absolute Gasteiger partial charge is 0.410 e. The molecular weight excluding hydrogens is 210 g/mol. The van der Waals surface area contributed by atoms with Crippen molar-refractivity contribution in [2.24, 2.45) is 0 Å². The lowest BCUT2D eigenvalue weighted by molar-refractivity contribution is -0.391. The Morgan fingerprint density at radius 2 is 2.00 bits per heavy atom. The van der Waals surface area contributed by atoms with Crippen molar-refractivity contribution in [2.75, 3.05) is 0 Å². The molecule has 78 valence electrons. The van der Waals surface area contributed by atoms with Gasteiger partial charge in [-0.05, 0) is 5.56 Å². The average Bonchev–Trinajstić information content (AvgIpc) is 2.76. The Labute approximate surface area is 91.9 Å². The second-order valence-corrected chi connectivity index (χ2v) is 3.91. The SMILES string of the molecule is [NH3+]Cc1nnc(SCc2ccccc2)o1. The predicted octanol–water partition coefficient (Wildman–Crippen LogP) is 1.10. The molecule has 15 heavy (non-hydrogen) atoms. The lowest BCUT2D eigenvalue weighted by Crippen LogP contribution is -2.47. The molecule has 0 aliphatic heterocycles. The van der Waals surface area contributed by atoms with E-state index in [1.165, 1.54) is 5.56 Å². The zero-order valence-corrected chi connectivity index (χ0v) is 9.04. The Morgan fingerprint density at radius 1 is 1.20 bits per heavy atom. The molecule has 0 unspecified atom stereocenters. The van der Waals surface area contributed by atoms with Crippen molar-refractivity contribution in [2.45, 2.75) is 17.5 Å². The molecule has 0 saturated carbocycles. The van der Waals surface area contributed by atoms with Crippen molar-refractivity contribution < 1.29 is 10.2 Å². The molecule has 2 rings (SSSR count). The van der Waals surface area contributed by atoms with Crippen LogP contribution >= 0.6 is 11.8 Å². The van der Waals surface area contributed by atoms with Gasteiger partial charge in [-0.3, -0.25) is 0 Å². The normalized spacial score (nSPS) is 10.5. The minimum absolute atomic E-state index is 0.541. The molecule has 0 bridgehead atoms. The lowest BCUT2D eigenvalue weighted by Gasteiger charge is -1.96. The number of aromatic nitrogens is 2. The summed E-state index contributed by atoms with van der Waals surface area (Å²) in [6.45, 7) is 0.541. The van der Waals surface area contributed by atoms with Gasteiger partial charge in [-0.2, -0.15) is 0 Å². The number of rotatable bonds is 4. The van der Waals surface area contributed by atoms with Crippen LogP contribution in [0.2, 0.25) is 0 Å². The molecule has 0 fully saturated rings. The summed E-state index contributed by atoms with van der Waals surface area (Å²) in [5, 5.41) is 8.36. The number of hydrogen-bond donors (Lipinski definition) is 1. The molecule has 0 amide bonds. The molecule has 0 spiro atoms. The highest BCUT2D eigenvalue weighted by Crippen LogP contribution is 2.20. The number of thioether (sulfide) groups is 1. The van der Waals surface area contributed by atoms with Gasteiger partial charge in [0.05, 0.1) is 0 Å². The zero-order chi connectivity index (χ0) is 10.5. The molecule has 0 aliphatic carbocycles. The topological polar surface area (TPSA) is 66.6 Å². The van der Waals surface area contributed by atoms with E-state index in [-0.39, 0.29) is 0 Å². The van der Waals surface area contributed by atoms with Gasteiger partial charge in [-0.15, -0.1) is 10.2 Å². The van der Waals surface area contributed by atoms with Crippen LogP contribution < -0.4 is 5.73 Å². The Hall–Kier alpha value is -1.33. The maximum Gasteiger partial charge on any atom is 0.277 e. The minimum Gasteiger partial charge on any atom is -0.410 e. The van der Waals surface area contributed by atoms with Crippen LogP contribution in [0.1, 0.15) is 11.5 Å². The van der Waals surface area contributed by atoms with Crippen LogP contribution in [-0.2, 0) is 12.3 Å². The van der Waals surface area contributed by atoms with Gasteiger partial charge >= 0.3 is 0 Å². The van der Waals surface area contributed by atoms with Gasteiger partial charge < -0.3 is 10.2 Å². The second-order valence-electron chi connectivity index (χ2n) is 2.99. The van der Waals surface area contributed by atoms with E-state index in [1.54, 1.807) is 11.8 Å². The van der Waals surface area contributed by atoms with E-state index < -0.39 is 0 Å². The summed E-state index contributed by atoms with van der Waals surface area (Å²) in [6.07, 6.45) is 0. The van der Waals surface area contributed by atoms with Crippen LogP contribution in [0.25, 0.3) is 0 Å². The maximum atomic E-state index is 5.33. The third-order valence-electron chi connectivity index (χ3n) is 1.87. The Morgan fingerprint density at radius 3 is 2.67 bits per heavy atom. The Bertz CT molecular complexity index is 416. The highest BCUT2D eigenvalue weighted by Gasteiger charge is 2.05. The molecular formula is C10H12N3OS+. The zero-order valence-electron chi connectivity index (χ0n) is 8.22. The van der Waals surface area contributed by atoms with Crippen LogP contribution in [0.15, 0.2) is 40.0 Å². The van der Waals surface area contributed by atoms with Crippen LogP contribution in [0.3, 0.4) is 0 Å². The van der Waals surface area contributed by atoms with Crippen molar-refractivity contribution in [1.29, 1.82) is 0 Å². The van der Waals surface area contributed by atoms with Crippen molar-refractivity contribution in [3.05, 3.63) is 41.8 Å². The van der Waals surface area contributed by atoms with Gasteiger partial charge in [0, 0.05) is 5.75 Å². The number of hydrogen-bond acceptors (Lipinski definition) is 4. The molecule has 0 radical (unpaired) electrons. The average molecular weight is 222 g/mol. The van der Waals surface area contributed by atoms with Gasteiger partial charge in [0.2, 0.25) is 0 Å². The van der Waals surface area contributed by atoms with E-state index in [2.05, 4.69) is 28.1 Å². The summed E-state index contributed by atoms with van der Waals surface area (Å²) < 4.78 is 5.33. The van der Waals surface area contributed by atoms with E-state index in [0.717, 1.165) is 5.75 Å². The van der Waals surface area contributed by atoms with Crippen LogP contribution in [0.4, 0.5) is 0 Å². The highest BCUT2D eigenvalue weighted by molar-refractivity contribution is 7.98. The third-order valence-corrected chi connectivity index (χ3v) is 2.76. The smallest absolute Gasteiger partial charge is 0.277 e. The monoisotopic (exact) mass is 222 g/mol. The van der Waals surface area contributed by atoms with Gasteiger partial charge in [0.1, 0.15) is 0 Å². The fourth-order valence-electron chi connectivity index (χ4n) is 1.12. The van der Waals surface area contributed by atoms with E-state index in [1.807, 2.05) is 18.2 Å². The van der Waals surface area contributed by atoms with Crippen molar-refractivity contribution in [3.8, 4) is 0 Å². The third kappa shape index (κ3) is 2.81. The predicted molar refractivity (Wildman–Crippen MR) is 56.9 cm³/mol. The summed E-state index contributed by atoms with van der Waals surface area (Å²) >= 11 is 1.54. The molecule has 4 nitrogen and oxygen atoms in total. The van der Waals surface area contributed by atoms with Gasteiger partial charge in [0.25, 0.3) is 11.1 Å². The molecule has 0 atom stereocenters. The van der Waals surface area contributed by atoms with Gasteiger partial charge in [-0.1, -0.05) is 42.1 Å². The van der Waals surface area contributed by atoms with Crippen LogP contribution in [-0.4, -0.2) is 10.2 Å². The summed E-state index contributed by atoms with van der Waals surface area (Å²) in [6, 6.07) is 10.2. The summed E-state index contributed by atoms with van der Waals surface area (Å²) in [5.74, 6) is 1.44. The van der Waals surface area contributed by atoms with Crippen LogP contribution in [0.5, 0.6) is 0 Å². The first kappa shape index (κ1) is 10.2. The number of nitrogens with zero attached hydrogens (tertiary/aromatic N) is 2. The number of quaternary nitrogens is 1. The molecule has 1 heterocycles. The molecule has 1 aromatic carbocycles. The molecule has 2 aromatic rings. The summed E-state index contributed by atoms with van der Waals surface area (Å²) in [5.41, 5.74) is 4.93. The summed E-state index contributed by atoms with van der Waals surface area (Å²) in [4.78, 5) is 0. The van der Waals surface area contributed by atoms with E-state index in [0.29, 0.717) is 17.7 Å². The van der Waals surface area contributed by atoms with E-state index in [4.69, 9.17) is 4.42 Å². The van der Waals surface area contributed by atoms with Crippen molar-refractivity contribution in [1.82, 2.24) is 10.2 Å². The first-order valence-corrected chi connectivity index (χ1v) is 5.65. The first-order valence-electron chi connectivity index (χ1n) is 4.67. The fourth-order valence-corrected chi connectivity index (χ4v) is 1.85. The Kier molecular flexibility index (Phi) is 3.37. The molecule has 3 N–H and O–H groups in total. The quantitative estimate of drug-likeness (QED) is 0.787. The van der Waals surface area contributed by atoms with Crippen molar-refractivity contribution >= 4 is 11.8 Å². The Balaban J connectivity index is 1.93. The minimum atomic E-state index is 0.541. The molecule has 1 aromatic heterocycles. The molecule has 0 aliphatic rings. The highest BCUT2D eigenvalue weighted by atomic mass is 32.2. The molecule has 0 saturated heterocycles. The second kappa shape index (κ2) is 4.95. The summed E-state index contributed by atoms with van der Waals surface area (Å²) in [7, 11) is 0. The number of benzene rings is 1. The standard InChI is InChI=1S/C10H11N3OS/c11-6-9-12-13-10(14-9)15-7-8-4-2-1-3-5-8/h1-5H,6-7,11H2/p+1. The van der Waals surface area contributed by atoms with E-state index >= 15 is 0 Å². The molecule has 5 heteroatoms. The lowest BCUT2D eigenvalue weighted by atomic mass is 10.2. The van der Waals surface area contributed by atoms with Crippen LogP contribution in [0, 0.1) is 0 Å². The van der Waals surface area contributed by atoms with Gasteiger partial charge in [0.15, 0.2) is 6.54 Å². The van der Waals surface area contributed by atoms with Crippen molar-refractivity contribution in [3.63, 3.8) is 0 Å². The maximum absolute atomic E-state index is 5.33. The van der Waals surface area contributed by atoms with E-state index in [9.17, 15) is 0 Å².